The topological polar surface area (TPSA) is 217 Å². The van der Waals surface area contributed by atoms with Crippen LogP contribution in [0.25, 0.3) is 0 Å². The second-order valence-corrected chi connectivity index (χ2v) is 11.0. The fourth-order valence-corrected chi connectivity index (χ4v) is 3.97. The van der Waals surface area contributed by atoms with Gasteiger partial charge in [-0.05, 0) is 18.4 Å². The van der Waals surface area contributed by atoms with Gasteiger partial charge >= 0.3 is 11.6 Å². The van der Waals surface area contributed by atoms with Crippen molar-refractivity contribution in [2.45, 2.75) is 64.2 Å². The number of aryl methyl sites for hydroxylation is 1. The SMILES string of the molecule is CNC(=O)CCOCCOCCOCCOCCOCc1cn(CCC(C)C)nn1.Nc1ccn([C@@H]2O[C@H](CO)[C@@H](O)C2(F)F)c(=O)n1. The number of aliphatic hydroxyl groups excluding tert-OH is 2. The maximum absolute atomic E-state index is 13.7. The van der Waals surface area contributed by atoms with E-state index in [1.54, 1.807) is 7.05 Å². The Kier molecular flexibility index (Phi) is 19.2. The zero-order valence-corrected chi connectivity index (χ0v) is 27.7. The maximum Gasteiger partial charge on any atom is 0.351 e. The third kappa shape index (κ3) is 14.9. The standard InChI is InChI=1S/C20H38N4O6.C9H11F2N3O4/c1-18(2)4-6-24-16-19(22-23-24)17-30-15-14-29-13-12-28-11-10-27-9-8-26-7-5-20(25)21-3;10-9(11)6(16)4(3-15)18-7(9)14-2-1-5(12)13-8(14)17/h16,18H,4-15,17H2,1-3H3,(H,21,25);1-2,4,6-7,15-16H,3H2,(H2,12,13,17)/t;4-,6-,7-/m.1/s1. The number of ether oxygens (including phenoxy) is 6. The van der Waals surface area contributed by atoms with E-state index in [9.17, 15) is 23.5 Å². The van der Waals surface area contributed by atoms with Crippen molar-refractivity contribution in [1.29, 1.82) is 0 Å². The summed E-state index contributed by atoms with van der Waals surface area (Å²) in [4.78, 5) is 25.7. The van der Waals surface area contributed by atoms with Gasteiger partial charge in [0.15, 0.2) is 6.10 Å². The predicted octanol–water partition coefficient (Wildman–Crippen LogP) is -0.245. The van der Waals surface area contributed by atoms with Gasteiger partial charge in [-0.25, -0.2) is 4.79 Å². The van der Waals surface area contributed by atoms with E-state index in [0.29, 0.717) is 83.0 Å². The van der Waals surface area contributed by atoms with E-state index in [4.69, 9.17) is 39.3 Å². The summed E-state index contributed by atoms with van der Waals surface area (Å²) < 4.78 is 61.6. The lowest BCUT2D eigenvalue weighted by molar-refractivity contribution is -0.140. The van der Waals surface area contributed by atoms with Crippen LogP contribution in [-0.2, 0) is 46.4 Å². The quantitative estimate of drug-likeness (QED) is 0.117. The summed E-state index contributed by atoms with van der Waals surface area (Å²) >= 11 is 0. The Morgan fingerprint density at radius 2 is 1.65 bits per heavy atom. The first kappa shape index (κ1) is 41.0. The highest BCUT2D eigenvalue weighted by atomic mass is 19.3. The van der Waals surface area contributed by atoms with Crippen LogP contribution in [0.15, 0.2) is 23.3 Å². The van der Waals surface area contributed by atoms with Gasteiger partial charge in [0.1, 0.15) is 17.6 Å². The number of nitrogen functional groups attached to an aromatic ring is 1. The number of aromatic nitrogens is 5. The zero-order valence-electron chi connectivity index (χ0n) is 27.7. The summed E-state index contributed by atoms with van der Waals surface area (Å²) in [5.74, 6) is -3.21. The van der Waals surface area contributed by atoms with E-state index in [0.717, 1.165) is 30.9 Å². The smallest absolute Gasteiger partial charge is 0.351 e. The summed E-state index contributed by atoms with van der Waals surface area (Å²) in [5, 5.41) is 28.8. The van der Waals surface area contributed by atoms with Gasteiger partial charge in [-0.3, -0.25) is 14.0 Å². The first-order valence-corrected chi connectivity index (χ1v) is 15.6. The molecule has 1 aliphatic heterocycles. The lowest BCUT2D eigenvalue weighted by atomic mass is 10.1. The van der Waals surface area contributed by atoms with Gasteiger partial charge in [-0.1, -0.05) is 19.1 Å². The predicted molar refractivity (Wildman–Crippen MR) is 166 cm³/mol. The molecular weight excluding hydrogens is 644 g/mol. The van der Waals surface area contributed by atoms with Crippen molar-refractivity contribution in [3.05, 3.63) is 34.6 Å². The Morgan fingerprint density at radius 1 is 1.06 bits per heavy atom. The molecule has 2 aromatic rings. The van der Waals surface area contributed by atoms with E-state index >= 15 is 0 Å². The number of hydrogen-bond donors (Lipinski definition) is 4. The number of nitrogens with two attached hydrogens (primary N) is 1. The van der Waals surface area contributed by atoms with Crippen LogP contribution in [0.1, 0.15) is 38.6 Å². The van der Waals surface area contributed by atoms with Crippen LogP contribution in [0.2, 0.25) is 0 Å². The normalized spacial score (nSPS) is 18.5. The van der Waals surface area contributed by atoms with Crippen molar-refractivity contribution < 1.29 is 52.2 Å². The molecule has 17 nitrogen and oxygen atoms in total. The third-order valence-electron chi connectivity index (χ3n) is 6.68. The maximum atomic E-state index is 13.7. The summed E-state index contributed by atoms with van der Waals surface area (Å²) in [6, 6.07) is 1.15. The van der Waals surface area contributed by atoms with Gasteiger partial charge in [0.05, 0.1) is 78.9 Å². The van der Waals surface area contributed by atoms with Crippen molar-refractivity contribution in [3.63, 3.8) is 0 Å². The Bertz CT molecular complexity index is 1240. The van der Waals surface area contributed by atoms with Gasteiger partial charge in [0, 0.05) is 26.2 Å². The van der Waals surface area contributed by atoms with Crippen molar-refractivity contribution >= 4 is 11.7 Å². The number of hydrogen-bond acceptors (Lipinski definition) is 14. The van der Waals surface area contributed by atoms with Gasteiger partial charge in [0.25, 0.3) is 0 Å². The second kappa shape index (κ2) is 22.5. The Morgan fingerprint density at radius 3 is 2.17 bits per heavy atom. The number of alkyl halides is 2. The highest BCUT2D eigenvalue weighted by molar-refractivity contribution is 5.75. The number of anilines is 1. The number of halogens is 2. The molecule has 3 heterocycles. The molecule has 274 valence electrons. The molecular formula is C29H49F2N7O10. The number of carbonyl (C=O) groups excluding carboxylic acids is 1. The van der Waals surface area contributed by atoms with Crippen molar-refractivity contribution in [2.24, 2.45) is 5.92 Å². The van der Waals surface area contributed by atoms with Crippen LogP contribution >= 0.6 is 0 Å². The average molecular weight is 694 g/mol. The van der Waals surface area contributed by atoms with Crippen molar-refractivity contribution in [3.8, 4) is 0 Å². The van der Waals surface area contributed by atoms with E-state index < -0.39 is 36.7 Å². The van der Waals surface area contributed by atoms with Gasteiger partial charge in [0.2, 0.25) is 12.1 Å². The molecule has 0 unspecified atom stereocenters. The minimum Gasteiger partial charge on any atom is -0.394 e. The molecule has 1 aliphatic rings. The van der Waals surface area contributed by atoms with Crippen molar-refractivity contribution in [2.75, 3.05) is 78.9 Å². The Labute approximate surface area is 277 Å². The van der Waals surface area contributed by atoms with Crippen LogP contribution in [-0.4, -0.2) is 132 Å². The molecule has 2 aromatic heterocycles. The van der Waals surface area contributed by atoms with Crippen LogP contribution in [0.4, 0.5) is 14.6 Å². The summed E-state index contributed by atoms with van der Waals surface area (Å²) in [7, 11) is 1.61. The molecule has 19 heteroatoms. The molecule has 1 fully saturated rings. The average Bonchev–Trinajstić information content (AvgIpc) is 3.60. The summed E-state index contributed by atoms with van der Waals surface area (Å²) in [5.41, 5.74) is 5.04. The first-order valence-electron chi connectivity index (χ1n) is 15.6. The molecule has 0 aromatic carbocycles. The molecule has 0 radical (unpaired) electrons. The lowest BCUT2D eigenvalue weighted by Gasteiger charge is -2.20. The molecule has 0 saturated carbocycles. The fourth-order valence-electron chi connectivity index (χ4n) is 3.97. The molecule has 3 rings (SSSR count). The Hall–Kier alpha value is -3.17. The molecule has 0 bridgehead atoms. The largest absolute Gasteiger partial charge is 0.394 e. The minimum absolute atomic E-state index is 0.0281. The van der Waals surface area contributed by atoms with Gasteiger partial charge < -0.3 is 49.7 Å². The van der Waals surface area contributed by atoms with Gasteiger partial charge in [-0.15, -0.1) is 5.10 Å². The number of amides is 1. The minimum atomic E-state index is -3.71. The summed E-state index contributed by atoms with van der Waals surface area (Å²) in [6.07, 6.45) is -1.31. The lowest BCUT2D eigenvalue weighted by Crippen LogP contribution is -2.41. The molecule has 1 saturated heterocycles. The summed E-state index contributed by atoms with van der Waals surface area (Å²) in [6.45, 7) is 9.30. The van der Waals surface area contributed by atoms with E-state index in [1.165, 1.54) is 0 Å². The zero-order chi connectivity index (χ0) is 35.4. The molecule has 48 heavy (non-hydrogen) atoms. The Balaban J connectivity index is 0.000000376. The molecule has 1 amide bonds. The number of carbonyl (C=O) groups is 1. The van der Waals surface area contributed by atoms with Crippen LogP contribution in [0.5, 0.6) is 0 Å². The van der Waals surface area contributed by atoms with E-state index in [2.05, 4.69) is 34.5 Å². The van der Waals surface area contributed by atoms with Gasteiger partial charge in [-0.2, -0.15) is 13.8 Å². The van der Waals surface area contributed by atoms with Crippen LogP contribution in [0.3, 0.4) is 0 Å². The molecule has 5 N–H and O–H groups in total. The number of nitrogens with one attached hydrogen (secondary N) is 1. The van der Waals surface area contributed by atoms with E-state index in [-0.39, 0.29) is 11.7 Å². The highest BCUT2D eigenvalue weighted by Crippen LogP contribution is 2.41. The number of rotatable bonds is 22. The van der Waals surface area contributed by atoms with Crippen molar-refractivity contribution in [1.82, 2.24) is 29.9 Å². The number of nitrogens with zero attached hydrogens (tertiary/aromatic N) is 5. The fraction of sp³-hybridized carbons (Fsp3) is 0.759. The second-order valence-electron chi connectivity index (χ2n) is 11.0. The van der Waals surface area contributed by atoms with E-state index in [1.807, 2.05) is 10.9 Å². The third-order valence-corrected chi connectivity index (χ3v) is 6.68. The monoisotopic (exact) mass is 693 g/mol. The molecule has 0 aliphatic carbocycles. The first-order chi connectivity index (χ1) is 23.0. The highest BCUT2D eigenvalue weighted by Gasteiger charge is 2.59. The molecule has 0 spiro atoms. The van der Waals surface area contributed by atoms with Crippen LogP contribution in [0, 0.1) is 5.92 Å². The molecule has 3 atom stereocenters. The number of aliphatic hydroxyl groups is 2. The van der Waals surface area contributed by atoms with Crippen LogP contribution < -0.4 is 16.7 Å².